The van der Waals surface area contributed by atoms with E-state index in [2.05, 4.69) is 17.9 Å². The molecule has 4 heteroatoms. The molecule has 3 rings (SSSR count). The Morgan fingerprint density at radius 3 is 2.90 bits per heavy atom. The number of hydrogen-bond acceptors (Lipinski definition) is 3. The molecule has 0 radical (unpaired) electrons. The maximum absolute atomic E-state index is 11.9. The minimum Gasteiger partial charge on any atom is -0.493 e. The van der Waals surface area contributed by atoms with Crippen LogP contribution in [0.5, 0.6) is 5.75 Å². The van der Waals surface area contributed by atoms with Crippen LogP contribution in [0.3, 0.4) is 0 Å². The number of ether oxygens (including phenoxy) is 1. The molecule has 1 fully saturated rings. The third-order valence-corrected chi connectivity index (χ3v) is 5.02. The summed E-state index contributed by atoms with van der Waals surface area (Å²) in [6, 6.07) is 8.16. The summed E-state index contributed by atoms with van der Waals surface area (Å²) >= 11 is 0. The van der Waals surface area contributed by atoms with Gasteiger partial charge in [-0.15, -0.1) is 0 Å². The lowest BCUT2D eigenvalue weighted by Crippen LogP contribution is -2.58. The van der Waals surface area contributed by atoms with Gasteiger partial charge in [-0.1, -0.05) is 25.1 Å². The van der Waals surface area contributed by atoms with E-state index in [1.165, 1.54) is 0 Å². The highest BCUT2D eigenvalue weighted by Gasteiger charge is 2.47. The van der Waals surface area contributed by atoms with Crippen molar-refractivity contribution in [2.24, 2.45) is 5.92 Å². The van der Waals surface area contributed by atoms with Gasteiger partial charge in [0.05, 0.1) is 6.61 Å². The average molecular weight is 289 g/mol. The van der Waals surface area contributed by atoms with Crippen molar-refractivity contribution in [1.29, 1.82) is 0 Å². The van der Waals surface area contributed by atoms with Crippen LogP contribution in [0.1, 0.15) is 44.7 Å². The largest absolute Gasteiger partial charge is 0.493 e. The molecular weight excluding hydrogens is 266 g/mol. The number of piperidine rings is 1. The van der Waals surface area contributed by atoms with Gasteiger partial charge in [-0.2, -0.15) is 0 Å². The first kappa shape index (κ1) is 14.4. The van der Waals surface area contributed by atoms with Crippen molar-refractivity contribution >= 4 is 5.97 Å². The molecule has 0 spiro atoms. The van der Waals surface area contributed by atoms with Crippen molar-refractivity contribution in [2.45, 2.75) is 44.7 Å². The number of rotatable bonds is 2. The molecule has 2 heterocycles. The van der Waals surface area contributed by atoms with Gasteiger partial charge in [0, 0.05) is 17.5 Å². The molecule has 2 aliphatic heterocycles. The highest BCUT2D eigenvalue weighted by atomic mass is 16.5. The molecular formula is C17H23NO3. The molecule has 1 N–H and O–H groups in total. The topological polar surface area (TPSA) is 49.8 Å². The quantitative estimate of drug-likeness (QED) is 0.909. The van der Waals surface area contributed by atoms with E-state index in [-0.39, 0.29) is 12.0 Å². The maximum atomic E-state index is 11.9. The Labute approximate surface area is 125 Å². The van der Waals surface area contributed by atoms with E-state index in [1.807, 2.05) is 25.1 Å². The normalized spacial score (nSPS) is 33.0. The fraction of sp³-hybridized carbons (Fsp3) is 0.588. The first-order valence-electron chi connectivity index (χ1n) is 7.76. The number of aliphatic carboxylic acids is 1. The zero-order valence-electron chi connectivity index (χ0n) is 12.7. The van der Waals surface area contributed by atoms with Gasteiger partial charge < -0.3 is 9.84 Å². The van der Waals surface area contributed by atoms with Crippen molar-refractivity contribution in [3.05, 3.63) is 29.8 Å². The third kappa shape index (κ3) is 2.31. The van der Waals surface area contributed by atoms with E-state index < -0.39 is 11.5 Å². The smallest absolute Gasteiger partial charge is 0.323 e. The van der Waals surface area contributed by atoms with Crippen LogP contribution in [0.2, 0.25) is 0 Å². The fourth-order valence-electron chi connectivity index (χ4n) is 3.77. The van der Waals surface area contributed by atoms with Gasteiger partial charge >= 0.3 is 5.97 Å². The van der Waals surface area contributed by atoms with E-state index in [0.717, 1.165) is 30.7 Å². The van der Waals surface area contributed by atoms with Crippen molar-refractivity contribution in [3.8, 4) is 5.75 Å². The predicted molar refractivity (Wildman–Crippen MR) is 80.4 cm³/mol. The lowest BCUT2D eigenvalue weighted by atomic mass is 9.81. The van der Waals surface area contributed by atoms with Gasteiger partial charge in [0.15, 0.2) is 0 Å². The van der Waals surface area contributed by atoms with Crippen LogP contribution in [0, 0.1) is 5.92 Å². The molecule has 0 amide bonds. The number of fused-ring (bicyclic) bond motifs is 1. The van der Waals surface area contributed by atoms with Crippen molar-refractivity contribution < 1.29 is 14.6 Å². The van der Waals surface area contributed by atoms with Gasteiger partial charge in [0.1, 0.15) is 11.3 Å². The number of carbonyl (C=O) groups is 1. The predicted octanol–water partition coefficient (Wildman–Crippen LogP) is 3.09. The molecule has 1 aromatic rings. The molecule has 0 aliphatic carbocycles. The highest BCUT2D eigenvalue weighted by Crippen LogP contribution is 2.44. The van der Waals surface area contributed by atoms with E-state index >= 15 is 0 Å². The summed E-state index contributed by atoms with van der Waals surface area (Å²) in [5, 5.41) is 9.76. The number of nitrogens with zero attached hydrogens (tertiary/aromatic N) is 1. The molecule has 3 unspecified atom stereocenters. The van der Waals surface area contributed by atoms with Crippen LogP contribution >= 0.6 is 0 Å². The summed E-state index contributed by atoms with van der Waals surface area (Å²) in [7, 11) is 0. The zero-order valence-corrected chi connectivity index (χ0v) is 12.7. The van der Waals surface area contributed by atoms with Crippen molar-refractivity contribution in [2.75, 3.05) is 13.2 Å². The summed E-state index contributed by atoms with van der Waals surface area (Å²) in [6.07, 6.45) is 2.77. The number of likely N-dealkylation sites (tertiary alicyclic amines) is 1. The minimum atomic E-state index is -0.776. The lowest BCUT2D eigenvalue weighted by Gasteiger charge is -2.49. The molecule has 0 aromatic heterocycles. The van der Waals surface area contributed by atoms with Crippen LogP contribution in [0.25, 0.3) is 0 Å². The maximum Gasteiger partial charge on any atom is 0.323 e. The molecule has 4 nitrogen and oxygen atoms in total. The molecule has 1 aromatic carbocycles. The summed E-state index contributed by atoms with van der Waals surface area (Å²) in [5.74, 6) is 0.481. The van der Waals surface area contributed by atoms with E-state index in [4.69, 9.17) is 4.74 Å². The minimum absolute atomic E-state index is 0.122. The van der Waals surface area contributed by atoms with Crippen LogP contribution in [0.4, 0.5) is 0 Å². The summed E-state index contributed by atoms with van der Waals surface area (Å²) < 4.78 is 5.81. The third-order valence-electron chi connectivity index (χ3n) is 5.02. The monoisotopic (exact) mass is 289 g/mol. The molecule has 3 atom stereocenters. The van der Waals surface area contributed by atoms with E-state index in [0.29, 0.717) is 13.0 Å². The Morgan fingerprint density at radius 2 is 2.14 bits per heavy atom. The number of para-hydroxylation sites is 1. The summed E-state index contributed by atoms with van der Waals surface area (Å²) in [5.41, 5.74) is 0.354. The second-order valence-corrected chi connectivity index (χ2v) is 6.50. The second kappa shape index (κ2) is 5.34. The van der Waals surface area contributed by atoms with Gasteiger partial charge in [0.2, 0.25) is 0 Å². The second-order valence-electron chi connectivity index (χ2n) is 6.50. The van der Waals surface area contributed by atoms with Crippen molar-refractivity contribution in [3.63, 3.8) is 0 Å². The van der Waals surface area contributed by atoms with Gasteiger partial charge in [-0.3, -0.25) is 9.69 Å². The Bertz CT molecular complexity index is 545. The van der Waals surface area contributed by atoms with Crippen LogP contribution in [0.15, 0.2) is 24.3 Å². The van der Waals surface area contributed by atoms with Gasteiger partial charge in [-0.05, 0) is 38.8 Å². The Morgan fingerprint density at radius 1 is 1.38 bits per heavy atom. The molecule has 0 saturated carbocycles. The number of benzene rings is 1. The van der Waals surface area contributed by atoms with Crippen LogP contribution in [-0.4, -0.2) is 34.7 Å². The molecule has 1 saturated heterocycles. The summed E-state index contributed by atoms with van der Waals surface area (Å²) in [4.78, 5) is 14.1. The number of carboxylic acid groups (broad SMARTS) is 1. The Balaban J connectivity index is 2.03. The molecule has 0 bridgehead atoms. The number of hydrogen-bond donors (Lipinski definition) is 1. The standard InChI is InChI=1S/C17H23NO3/c1-12-11-21-14-8-4-3-7-13(14)15(12)18-10-6-5-9-17(18,2)16(19)20/h3-4,7-8,12,15H,5-6,9-11H2,1-2H3,(H,19,20). The first-order chi connectivity index (χ1) is 10.0. The summed E-state index contributed by atoms with van der Waals surface area (Å²) in [6.45, 7) is 5.51. The fourth-order valence-corrected chi connectivity index (χ4v) is 3.77. The van der Waals surface area contributed by atoms with Crippen LogP contribution in [-0.2, 0) is 4.79 Å². The lowest BCUT2D eigenvalue weighted by molar-refractivity contribution is -0.157. The van der Waals surface area contributed by atoms with Gasteiger partial charge in [-0.25, -0.2) is 0 Å². The van der Waals surface area contributed by atoms with Crippen LogP contribution < -0.4 is 4.74 Å². The zero-order chi connectivity index (χ0) is 15.0. The molecule has 2 aliphatic rings. The van der Waals surface area contributed by atoms with E-state index in [9.17, 15) is 9.90 Å². The van der Waals surface area contributed by atoms with E-state index in [1.54, 1.807) is 0 Å². The molecule has 114 valence electrons. The Kier molecular flexibility index (Phi) is 3.66. The SMILES string of the molecule is CC1COc2ccccc2C1N1CCCCC1(C)C(=O)O. The highest BCUT2D eigenvalue weighted by molar-refractivity contribution is 5.78. The number of carboxylic acids is 1. The van der Waals surface area contributed by atoms with Gasteiger partial charge in [0.25, 0.3) is 0 Å². The Hall–Kier alpha value is -1.55. The average Bonchev–Trinajstić information content (AvgIpc) is 2.48. The first-order valence-corrected chi connectivity index (χ1v) is 7.76. The molecule has 21 heavy (non-hydrogen) atoms. The van der Waals surface area contributed by atoms with Crippen molar-refractivity contribution in [1.82, 2.24) is 4.90 Å².